The molecule has 0 fully saturated rings. The Morgan fingerprint density at radius 2 is 2.35 bits per heavy atom. The van der Waals surface area contributed by atoms with Crippen molar-refractivity contribution in [2.45, 2.75) is 5.16 Å². The predicted octanol–water partition coefficient (Wildman–Crippen LogP) is 3.45. The average molecular weight is 324 g/mol. The fraction of sp³-hybridized carbons (Fsp3) is 0.231. The molecule has 0 aromatic carbocycles. The highest BCUT2D eigenvalue weighted by atomic mass is 32.2. The van der Waals surface area contributed by atoms with Crippen LogP contribution in [0.5, 0.6) is 0 Å². The summed E-state index contributed by atoms with van der Waals surface area (Å²) in [5, 5.41) is 5.35. The number of fused-ring (bicyclic) bond motifs is 1. The second kappa shape index (κ2) is 6.09. The molecule has 0 saturated heterocycles. The Bertz CT molecular complexity index is 762. The average Bonchev–Trinajstić information content (AvgIpc) is 3.07. The summed E-state index contributed by atoms with van der Waals surface area (Å²) >= 11 is 4.64. The van der Waals surface area contributed by atoms with Crippen molar-refractivity contribution in [3.05, 3.63) is 33.2 Å². The number of aromatic nitrogens is 2. The van der Waals surface area contributed by atoms with Gasteiger partial charge in [0.05, 0.1) is 12.0 Å². The normalized spacial score (nSPS) is 11.2. The standard InChI is InChI=1S/C13H12N2O2S3/c1-17-4-6-19-13-14-11(16)10-8(7-20-12(10)15-13)9-3-2-5-18-9/h2-3,5,7H,4,6H2,1H3,(H,14,15,16). The Labute approximate surface area is 127 Å². The van der Waals surface area contributed by atoms with Crippen LogP contribution in [0.15, 0.2) is 32.8 Å². The Kier molecular flexibility index (Phi) is 4.21. The lowest BCUT2D eigenvalue weighted by Gasteiger charge is -2.00. The van der Waals surface area contributed by atoms with Gasteiger partial charge in [0.1, 0.15) is 4.83 Å². The molecule has 0 radical (unpaired) electrons. The van der Waals surface area contributed by atoms with E-state index in [1.54, 1.807) is 18.4 Å². The summed E-state index contributed by atoms with van der Waals surface area (Å²) in [4.78, 5) is 21.5. The van der Waals surface area contributed by atoms with E-state index in [2.05, 4.69) is 9.97 Å². The Morgan fingerprint density at radius 3 is 3.10 bits per heavy atom. The van der Waals surface area contributed by atoms with E-state index in [0.29, 0.717) is 17.1 Å². The van der Waals surface area contributed by atoms with Crippen LogP contribution >= 0.6 is 34.4 Å². The van der Waals surface area contributed by atoms with Gasteiger partial charge in [0, 0.05) is 28.7 Å². The summed E-state index contributed by atoms with van der Waals surface area (Å²) in [5.41, 5.74) is 0.904. The van der Waals surface area contributed by atoms with E-state index < -0.39 is 0 Å². The smallest absolute Gasteiger partial charge is 0.260 e. The summed E-state index contributed by atoms with van der Waals surface area (Å²) in [5.74, 6) is 0.772. The van der Waals surface area contributed by atoms with Crippen LogP contribution < -0.4 is 5.56 Å². The molecule has 0 aliphatic carbocycles. The third kappa shape index (κ3) is 2.67. The van der Waals surface area contributed by atoms with E-state index >= 15 is 0 Å². The van der Waals surface area contributed by atoms with Crippen molar-refractivity contribution in [1.29, 1.82) is 0 Å². The molecule has 3 heterocycles. The number of nitrogens with zero attached hydrogens (tertiary/aromatic N) is 1. The summed E-state index contributed by atoms with van der Waals surface area (Å²) in [6, 6.07) is 4.01. The van der Waals surface area contributed by atoms with E-state index in [4.69, 9.17) is 4.74 Å². The molecule has 4 nitrogen and oxygen atoms in total. The van der Waals surface area contributed by atoms with Crippen molar-refractivity contribution >= 4 is 44.7 Å². The molecule has 0 bridgehead atoms. The lowest BCUT2D eigenvalue weighted by Crippen LogP contribution is -2.09. The minimum atomic E-state index is -0.0698. The molecule has 0 saturated carbocycles. The maximum Gasteiger partial charge on any atom is 0.260 e. The van der Waals surface area contributed by atoms with Crippen molar-refractivity contribution in [3.8, 4) is 10.4 Å². The van der Waals surface area contributed by atoms with Crippen LogP contribution in [0.1, 0.15) is 0 Å². The number of ether oxygens (including phenoxy) is 1. The van der Waals surface area contributed by atoms with Gasteiger partial charge in [-0.25, -0.2) is 4.98 Å². The van der Waals surface area contributed by atoms with Crippen LogP contribution in [0.4, 0.5) is 0 Å². The predicted molar refractivity (Wildman–Crippen MR) is 86.2 cm³/mol. The van der Waals surface area contributed by atoms with Gasteiger partial charge in [-0.15, -0.1) is 22.7 Å². The van der Waals surface area contributed by atoms with Crippen molar-refractivity contribution < 1.29 is 4.74 Å². The summed E-state index contributed by atoms with van der Waals surface area (Å²) in [6.07, 6.45) is 0. The highest BCUT2D eigenvalue weighted by molar-refractivity contribution is 7.99. The first-order chi connectivity index (χ1) is 9.79. The van der Waals surface area contributed by atoms with E-state index in [1.807, 2.05) is 22.9 Å². The van der Waals surface area contributed by atoms with Crippen LogP contribution in [-0.2, 0) is 4.74 Å². The largest absolute Gasteiger partial charge is 0.384 e. The second-order valence-corrected chi connectivity index (χ2v) is 6.91. The van der Waals surface area contributed by atoms with Gasteiger partial charge in [0.15, 0.2) is 5.16 Å². The number of hydrogen-bond donors (Lipinski definition) is 1. The summed E-state index contributed by atoms with van der Waals surface area (Å²) in [7, 11) is 1.66. The number of rotatable bonds is 5. The zero-order chi connectivity index (χ0) is 13.9. The maximum atomic E-state index is 12.3. The molecule has 0 aliphatic rings. The molecule has 104 valence electrons. The second-order valence-electron chi connectivity index (χ2n) is 4.02. The monoisotopic (exact) mass is 324 g/mol. The number of aromatic amines is 1. The number of thioether (sulfide) groups is 1. The van der Waals surface area contributed by atoms with E-state index in [-0.39, 0.29) is 5.56 Å². The molecule has 3 rings (SSSR count). The number of nitrogens with one attached hydrogen (secondary N) is 1. The fourth-order valence-corrected chi connectivity index (χ4v) is 4.42. The highest BCUT2D eigenvalue weighted by Gasteiger charge is 2.13. The van der Waals surface area contributed by atoms with Gasteiger partial charge < -0.3 is 9.72 Å². The number of hydrogen-bond acceptors (Lipinski definition) is 6. The van der Waals surface area contributed by atoms with Gasteiger partial charge in [-0.3, -0.25) is 4.79 Å². The molecular formula is C13H12N2O2S3. The highest BCUT2D eigenvalue weighted by Crippen LogP contribution is 2.33. The van der Waals surface area contributed by atoms with Crippen LogP contribution in [0.3, 0.4) is 0 Å². The lowest BCUT2D eigenvalue weighted by molar-refractivity contribution is 0.218. The van der Waals surface area contributed by atoms with Crippen LogP contribution in [0.25, 0.3) is 20.7 Å². The van der Waals surface area contributed by atoms with Crippen LogP contribution in [0.2, 0.25) is 0 Å². The van der Waals surface area contributed by atoms with Crippen molar-refractivity contribution in [2.24, 2.45) is 0 Å². The first-order valence-electron chi connectivity index (χ1n) is 5.96. The first kappa shape index (κ1) is 13.8. The topological polar surface area (TPSA) is 55.0 Å². The molecule has 0 atom stereocenters. The van der Waals surface area contributed by atoms with Gasteiger partial charge in [-0.2, -0.15) is 0 Å². The zero-order valence-electron chi connectivity index (χ0n) is 10.7. The van der Waals surface area contributed by atoms with E-state index in [1.165, 1.54) is 23.1 Å². The molecule has 7 heteroatoms. The molecule has 0 amide bonds. The third-order valence-corrected chi connectivity index (χ3v) is 5.35. The fourth-order valence-electron chi connectivity index (χ4n) is 1.83. The molecule has 0 aliphatic heterocycles. The molecule has 20 heavy (non-hydrogen) atoms. The number of H-pyrrole nitrogens is 1. The Hall–Kier alpha value is -1.15. The van der Waals surface area contributed by atoms with Crippen LogP contribution in [0, 0.1) is 0 Å². The quantitative estimate of drug-likeness (QED) is 0.444. The third-order valence-electron chi connectivity index (χ3n) is 2.74. The Morgan fingerprint density at radius 1 is 1.45 bits per heavy atom. The van der Waals surface area contributed by atoms with Crippen molar-refractivity contribution in [1.82, 2.24) is 9.97 Å². The molecular weight excluding hydrogens is 312 g/mol. The molecule has 0 unspecified atom stereocenters. The minimum absolute atomic E-state index is 0.0698. The molecule has 0 spiro atoms. The molecule has 3 aromatic rings. The van der Waals surface area contributed by atoms with E-state index in [0.717, 1.165) is 21.0 Å². The minimum Gasteiger partial charge on any atom is -0.384 e. The summed E-state index contributed by atoms with van der Waals surface area (Å²) < 4.78 is 5.00. The summed E-state index contributed by atoms with van der Waals surface area (Å²) in [6.45, 7) is 0.636. The SMILES string of the molecule is COCCSc1nc2scc(-c3cccs3)c2c(=O)[nH]1. The van der Waals surface area contributed by atoms with Crippen molar-refractivity contribution in [2.75, 3.05) is 19.5 Å². The molecule has 3 aromatic heterocycles. The lowest BCUT2D eigenvalue weighted by atomic mass is 10.2. The number of methoxy groups -OCH3 is 1. The van der Waals surface area contributed by atoms with Gasteiger partial charge in [-0.05, 0) is 11.4 Å². The maximum absolute atomic E-state index is 12.3. The van der Waals surface area contributed by atoms with Gasteiger partial charge in [0.2, 0.25) is 0 Å². The first-order valence-corrected chi connectivity index (χ1v) is 8.71. The van der Waals surface area contributed by atoms with Crippen LogP contribution in [-0.4, -0.2) is 29.4 Å². The van der Waals surface area contributed by atoms with Crippen molar-refractivity contribution in [3.63, 3.8) is 0 Å². The van der Waals surface area contributed by atoms with Gasteiger partial charge in [-0.1, -0.05) is 17.8 Å². The van der Waals surface area contributed by atoms with Gasteiger partial charge in [0.25, 0.3) is 5.56 Å². The van der Waals surface area contributed by atoms with E-state index in [9.17, 15) is 4.79 Å². The van der Waals surface area contributed by atoms with Gasteiger partial charge >= 0.3 is 0 Å². The Balaban J connectivity index is 2.01. The number of thiophene rings is 2. The molecule has 1 N–H and O–H groups in total. The zero-order valence-corrected chi connectivity index (χ0v) is 13.2.